The summed E-state index contributed by atoms with van der Waals surface area (Å²) < 4.78 is 0. The van der Waals surface area contributed by atoms with E-state index >= 15 is 0 Å². The Hall–Kier alpha value is -1.61. The Balaban J connectivity index is 2.87. The van der Waals surface area contributed by atoms with Gasteiger partial charge in [-0.2, -0.15) is 0 Å². The molecule has 0 spiro atoms. The second-order valence-corrected chi connectivity index (χ2v) is 3.73. The Labute approximate surface area is 87.7 Å². The van der Waals surface area contributed by atoms with Gasteiger partial charge in [0.2, 0.25) is 0 Å². The molecule has 0 saturated carbocycles. The number of aromatic amines is 1. The maximum Gasteiger partial charge on any atom is 0.152 e. The van der Waals surface area contributed by atoms with Crippen molar-refractivity contribution in [2.45, 2.75) is 20.0 Å². The number of aliphatic hydroxyl groups excluding tert-OH is 1. The van der Waals surface area contributed by atoms with Gasteiger partial charge in [0.15, 0.2) is 6.29 Å². The monoisotopic (exact) mass is 203 g/mol. The Morgan fingerprint density at radius 3 is 2.80 bits per heavy atom. The minimum Gasteiger partial charge on any atom is -0.389 e. The van der Waals surface area contributed by atoms with E-state index < -0.39 is 6.10 Å². The normalized spacial score (nSPS) is 13.0. The summed E-state index contributed by atoms with van der Waals surface area (Å²) in [4.78, 5) is 14.1. The lowest BCUT2D eigenvalue weighted by Gasteiger charge is -2.06. The van der Waals surface area contributed by atoms with Gasteiger partial charge in [0.1, 0.15) is 0 Å². The first-order chi connectivity index (χ1) is 7.15. The fourth-order valence-corrected chi connectivity index (χ4v) is 1.93. The molecule has 2 aromatic rings. The van der Waals surface area contributed by atoms with Crippen LogP contribution in [0.3, 0.4) is 0 Å². The second kappa shape index (κ2) is 3.51. The van der Waals surface area contributed by atoms with Crippen molar-refractivity contribution in [2.75, 3.05) is 0 Å². The third-order valence-corrected chi connectivity index (χ3v) is 2.66. The predicted octanol–water partition coefficient (Wildman–Crippen LogP) is 2.34. The molecule has 2 N–H and O–H groups in total. The SMILES string of the molecule is Cc1[nH]c2cccc(C(C)O)c2c1C=O. The molecular formula is C12H13NO2. The Morgan fingerprint density at radius 2 is 2.20 bits per heavy atom. The van der Waals surface area contributed by atoms with Gasteiger partial charge in [0, 0.05) is 22.2 Å². The standard InChI is InChI=1S/C12H13NO2/c1-7-10(6-14)12-9(8(2)15)4-3-5-11(12)13-7/h3-6,8,13,15H,1-2H3. The number of aryl methyl sites for hydroxylation is 1. The molecular weight excluding hydrogens is 190 g/mol. The van der Waals surface area contributed by atoms with E-state index in [4.69, 9.17) is 0 Å². The number of carbonyl (C=O) groups excluding carboxylic acids is 1. The number of H-pyrrole nitrogens is 1. The topological polar surface area (TPSA) is 53.1 Å². The van der Waals surface area contributed by atoms with Gasteiger partial charge in [-0.05, 0) is 25.5 Å². The number of aromatic nitrogens is 1. The van der Waals surface area contributed by atoms with Crippen molar-refractivity contribution in [2.24, 2.45) is 0 Å². The molecule has 1 heterocycles. The van der Waals surface area contributed by atoms with Gasteiger partial charge in [0.05, 0.1) is 6.10 Å². The van der Waals surface area contributed by atoms with Crippen molar-refractivity contribution >= 4 is 17.2 Å². The highest BCUT2D eigenvalue weighted by Gasteiger charge is 2.13. The summed E-state index contributed by atoms with van der Waals surface area (Å²) in [6.45, 7) is 3.56. The van der Waals surface area contributed by atoms with E-state index in [-0.39, 0.29) is 0 Å². The number of hydrogen-bond donors (Lipinski definition) is 2. The molecule has 3 heteroatoms. The lowest BCUT2D eigenvalue weighted by Crippen LogP contribution is -1.93. The van der Waals surface area contributed by atoms with Crippen molar-refractivity contribution in [1.29, 1.82) is 0 Å². The molecule has 2 rings (SSSR count). The van der Waals surface area contributed by atoms with Crippen LogP contribution < -0.4 is 0 Å². The van der Waals surface area contributed by atoms with Crippen LogP contribution in [0, 0.1) is 6.92 Å². The number of benzene rings is 1. The van der Waals surface area contributed by atoms with Crippen LogP contribution in [0.4, 0.5) is 0 Å². The van der Waals surface area contributed by atoms with E-state index in [1.54, 1.807) is 6.92 Å². The van der Waals surface area contributed by atoms with Crippen LogP contribution in [0.2, 0.25) is 0 Å². The summed E-state index contributed by atoms with van der Waals surface area (Å²) >= 11 is 0. The van der Waals surface area contributed by atoms with Gasteiger partial charge >= 0.3 is 0 Å². The Kier molecular flexibility index (Phi) is 2.32. The molecule has 1 aromatic carbocycles. The summed E-state index contributed by atoms with van der Waals surface area (Å²) in [5, 5.41) is 10.5. The molecule has 3 nitrogen and oxygen atoms in total. The molecule has 0 amide bonds. The molecule has 0 fully saturated rings. The molecule has 0 aliphatic carbocycles. The summed E-state index contributed by atoms with van der Waals surface area (Å²) in [6.07, 6.45) is 0.266. The lowest BCUT2D eigenvalue weighted by molar-refractivity contribution is 0.112. The third kappa shape index (κ3) is 1.45. The second-order valence-electron chi connectivity index (χ2n) is 3.73. The summed E-state index contributed by atoms with van der Waals surface area (Å²) in [7, 11) is 0. The van der Waals surface area contributed by atoms with E-state index in [0.29, 0.717) is 5.56 Å². The van der Waals surface area contributed by atoms with Crippen LogP contribution in [0.25, 0.3) is 10.9 Å². The Bertz CT molecular complexity index is 512. The molecule has 78 valence electrons. The highest BCUT2D eigenvalue weighted by Crippen LogP contribution is 2.28. The molecule has 0 aliphatic heterocycles. The van der Waals surface area contributed by atoms with E-state index in [1.165, 1.54) is 0 Å². The van der Waals surface area contributed by atoms with Crippen molar-refractivity contribution in [3.8, 4) is 0 Å². The average molecular weight is 203 g/mol. The van der Waals surface area contributed by atoms with Gasteiger partial charge in [-0.3, -0.25) is 4.79 Å². The van der Waals surface area contributed by atoms with Crippen molar-refractivity contribution in [3.63, 3.8) is 0 Å². The quantitative estimate of drug-likeness (QED) is 0.736. The van der Waals surface area contributed by atoms with Gasteiger partial charge in [-0.15, -0.1) is 0 Å². The largest absolute Gasteiger partial charge is 0.389 e. The van der Waals surface area contributed by atoms with Crippen LogP contribution in [0.15, 0.2) is 18.2 Å². The third-order valence-electron chi connectivity index (χ3n) is 2.66. The number of hydrogen-bond acceptors (Lipinski definition) is 2. The molecule has 1 unspecified atom stereocenters. The van der Waals surface area contributed by atoms with Crippen molar-refractivity contribution in [3.05, 3.63) is 35.0 Å². The maximum absolute atomic E-state index is 11.0. The number of nitrogens with one attached hydrogen (secondary N) is 1. The first-order valence-corrected chi connectivity index (χ1v) is 4.89. The fourth-order valence-electron chi connectivity index (χ4n) is 1.93. The molecule has 0 bridgehead atoms. The van der Waals surface area contributed by atoms with Gasteiger partial charge < -0.3 is 10.1 Å². The molecule has 15 heavy (non-hydrogen) atoms. The molecule has 0 radical (unpaired) electrons. The van der Waals surface area contributed by atoms with Gasteiger partial charge in [-0.25, -0.2) is 0 Å². The fraction of sp³-hybridized carbons (Fsp3) is 0.250. The van der Waals surface area contributed by atoms with Crippen LogP contribution in [-0.4, -0.2) is 16.4 Å². The van der Waals surface area contributed by atoms with E-state index in [2.05, 4.69) is 4.98 Å². The first-order valence-electron chi connectivity index (χ1n) is 4.89. The van der Waals surface area contributed by atoms with Crippen LogP contribution in [0.5, 0.6) is 0 Å². The molecule has 0 aliphatic rings. The Morgan fingerprint density at radius 1 is 1.47 bits per heavy atom. The zero-order chi connectivity index (χ0) is 11.0. The predicted molar refractivity (Wildman–Crippen MR) is 59.1 cm³/mol. The summed E-state index contributed by atoms with van der Waals surface area (Å²) in [5.41, 5.74) is 3.17. The molecule has 0 saturated heterocycles. The van der Waals surface area contributed by atoms with Crippen molar-refractivity contribution in [1.82, 2.24) is 4.98 Å². The van der Waals surface area contributed by atoms with Gasteiger partial charge in [0.25, 0.3) is 0 Å². The summed E-state index contributed by atoms with van der Waals surface area (Å²) in [5.74, 6) is 0. The van der Waals surface area contributed by atoms with Crippen LogP contribution in [-0.2, 0) is 0 Å². The number of rotatable bonds is 2. The summed E-state index contributed by atoms with van der Waals surface area (Å²) in [6, 6.07) is 5.61. The van der Waals surface area contributed by atoms with Gasteiger partial charge in [-0.1, -0.05) is 12.1 Å². The molecule has 1 aromatic heterocycles. The van der Waals surface area contributed by atoms with E-state index in [0.717, 1.165) is 28.4 Å². The first kappa shape index (κ1) is 9.93. The minimum absolute atomic E-state index is 0.567. The van der Waals surface area contributed by atoms with Crippen LogP contribution in [0.1, 0.15) is 34.6 Å². The highest BCUT2D eigenvalue weighted by atomic mass is 16.3. The van der Waals surface area contributed by atoms with Crippen molar-refractivity contribution < 1.29 is 9.90 Å². The van der Waals surface area contributed by atoms with E-state index in [9.17, 15) is 9.90 Å². The number of aliphatic hydroxyl groups is 1. The number of fused-ring (bicyclic) bond motifs is 1. The maximum atomic E-state index is 11.0. The minimum atomic E-state index is -0.567. The number of carbonyl (C=O) groups is 1. The number of aldehydes is 1. The van der Waals surface area contributed by atoms with E-state index in [1.807, 2.05) is 25.1 Å². The highest BCUT2D eigenvalue weighted by molar-refractivity contribution is 6.00. The average Bonchev–Trinajstić information content (AvgIpc) is 2.52. The lowest BCUT2D eigenvalue weighted by atomic mass is 10.0. The smallest absolute Gasteiger partial charge is 0.152 e. The molecule has 1 atom stereocenters. The van der Waals surface area contributed by atoms with Crippen LogP contribution >= 0.6 is 0 Å². The zero-order valence-corrected chi connectivity index (χ0v) is 8.74. The zero-order valence-electron chi connectivity index (χ0n) is 8.74.